The number of nitrogens with one attached hydrogen (secondary N) is 1. The highest BCUT2D eigenvalue weighted by Crippen LogP contribution is 2.14. The molecule has 0 spiro atoms. The summed E-state index contributed by atoms with van der Waals surface area (Å²) in [6.45, 7) is 11.7. The van der Waals surface area contributed by atoms with E-state index in [-0.39, 0.29) is 0 Å². The number of hydrogen-bond donors (Lipinski definition) is 1. The predicted octanol–water partition coefficient (Wildman–Crippen LogP) is 3.42. The Kier molecular flexibility index (Phi) is 7.14. The van der Waals surface area contributed by atoms with Gasteiger partial charge in [-0.2, -0.15) is 0 Å². The highest BCUT2D eigenvalue weighted by Gasteiger charge is 2.23. The third-order valence-corrected chi connectivity index (χ3v) is 3.93. The van der Waals surface area contributed by atoms with Crippen LogP contribution in [0.1, 0.15) is 66.2 Å². The zero-order valence-corrected chi connectivity index (χ0v) is 12.3. The van der Waals surface area contributed by atoms with Gasteiger partial charge in [0.05, 0.1) is 0 Å². The minimum atomic E-state index is 0.654. The molecule has 17 heavy (non-hydrogen) atoms. The standard InChI is InChI=1S/C15H32N2/c1-5-6-7-8-9-10-15(4)17-11-13(2)16-14(3)12-17/h13-16H,5-12H2,1-4H3. The van der Waals surface area contributed by atoms with Gasteiger partial charge in [0, 0.05) is 31.2 Å². The Balaban J connectivity index is 2.15. The lowest BCUT2D eigenvalue weighted by molar-refractivity contribution is 0.124. The van der Waals surface area contributed by atoms with E-state index < -0.39 is 0 Å². The highest BCUT2D eigenvalue weighted by molar-refractivity contribution is 4.83. The molecule has 1 saturated heterocycles. The van der Waals surface area contributed by atoms with Crippen molar-refractivity contribution in [3.8, 4) is 0 Å². The van der Waals surface area contributed by atoms with E-state index in [9.17, 15) is 0 Å². The maximum Gasteiger partial charge on any atom is 0.0169 e. The molecule has 1 fully saturated rings. The van der Waals surface area contributed by atoms with E-state index in [2.05, 4.69) is 37.9 Å². The summed E-state index contributed by atoms with van der Waals surface area (Å²) in [4.78, 5) is 2.67. The quantitative estimate of drug-likeness (QED) is 0.686. The summed E-state index contributed by atoms with van der Waals surface area (Å²) in [6.07, 6.45) is 8.41. The van der Waals surface area contributed by atoms with Crippen LogP contribution in [-0.4, -0.2) is 36.1 Å². The number of hydrogen-bond acceptors (Lipinski definition) is 2. The Morgan fingerprint density at radius 3 is 2.24 bits per heavy atom. The molecule has 1 rings (SSSR count). The van der Waals surface area contributed by atoms with Gasteiger partial charge in [0.2, 0.25) is 0 Å². The SMILES string of the molecule is CCCCCCCC(C)N1CC(C)NC(C)C1. The van der Waals surface area contributed by atoms with Crippen molar-refractivity contribution in [2.75, 3.05) is 13.1 Å². The molecule has 1 N–H and O–H groups in total. The normalized spacial score (nSPS) is 28.2. The molecule has 102 valence electrons. The van der Waals surface area contributed by atoms with Gasteiger partial charge in [0.25, 0.3) is 0 Å². The van der Waals surface area contributed by atoms with Gasteiger partial charge in [-0.15, -0.1) is 0 Å². The molecule has 3 unspecified atom stereocenters. The molecule has 0 aromatic rings. The van der Waals surface area contributed by atoms with Crippen molar-refractivity contribution in [1.82, 2.24) is 10.2 Å². The smallest absolute Gasteiger partial charge is 0.0169 e. The molecule has 1 aliphatic rings. The lowest BCUT2D eigenvalue weighted by Crippen LogP contribution is -2.56. The topological polar surface area (TPSA) is 15.3 Å². The molecular weight excluding hydrogens is 208 g/mol. The number of unbranched alkanes of at least 4 members (excludes halogenated alkanes) is 4. The van der Waals surface area contributed by atoms with Gasteiger partial charge in [-0.1, -0.05) is 39.0 Å². The summed E-state index contributed by atoms with van der Waals surface area (Å²) in [5.41, 5.74) is 0. The second-order valence-electron chi connectivity index (χ2n) is 5.97. The zero-order chi connectivity index (χ0) is 12.7. The van der Waals surface area contributed by atoms with Crippen LogP contribution in [0, 0.1) is 0 Å². The fourth-order valence-corrected chi connectivity index (χ4v) is 2.95. The third-order valence-electron chi connectivity index (χ3n) is 3.93. The maximum absolute atomic E-state index is 3.61. The Morgan fingerprint density at radius 2 is 1.65 bits per heavy atom. The van der Waals surface area contributed by atoms with Crippen LogP contribution >= 0.6 is 0 Å². The second kappa shape index (κ2) is 8.10. The van der Waals surface area contributed by atoms with E-state index in [0.717, 1.165) is 6.04 Å². The van der Waals surface area contributed by atoms with Crippen LogP contribution in [0.25, 0.3) is 0 Å². The second-order valence-corrected chi connectivity index (χ2v) is 5.97. The van der Waals surface area contributed by atoms with Crippen molar-refractivity contribution in [2.45, 2.75) is 84.3 Å². The molecule has 0 aromatic heterocycles. The van der Waals surface area contributed by atoms with Gasteiger partial charge < -0.3 is 5.32 Å². The van der Waals surface area contributed by atoms with E-state index >= 15 is 0 Å². The summed E-state index contributed by atoms with van der Waals surface area (Å²) in [7, 11) is 0. The van der Waals surface area contributed by atoms with Crippen molar-refractivity contribution in [1.29, 1.82) is 0 Å². The van der Waals surface area contributed by atoms with Crippen LogP contribution < -0.4 is 5.32 Å². The number of piperazine rings is 1. The molecule has 3 atom stereocenters. The average molecular weight is 240 g/mol. The summed E-state index contributed by atoms with van der Waals surface area (Å²) in [6, 6.07) is 2.08. The van der Waals surface area contributed by atoms with Crippen molar-refractivity contribution in [2.24, 2.45) is 0 Å². The molecule has 2 heteroatoms. The van der Waals surface area contributed by atoms with Gasteiger partial charge in [-0.05, 0) is 27.2 Å². The highest BCUT2D eigenvalue weighted by atomic mass is 15.2. The lowest BCUT2D eigenvalue weighted by atomic mass is 10.0. The Bertz CT molecular complexity index is 183. The Labute approximate surface area is 108 Å². The fraction of sp³-hybridized carbons (Fsp3) is 1.00. The summed E-state index contributed by atoms with van der Waals surface area (Å²) in [5, 5.41) is 3.61. The van der Waals surface area contributed by atoms with Crippen molar-refractivity contribution in [3.05, 3.63) is 0 Å². The largest absolute Gasteiger partial charge is 0.309 e. The first-order chi connectivity index (χ1) is 8.13. The van der Waals surface area contributed by atoms with Gasteiger partial charge in [-0.3, -0.25) is 4.90 Å². The fourth-order valence-electron chi connectivity index (χ4n) is 2.95. The van der Waals surface area contributed by atoms with Crippen molar-refractivity contribution >= 4 is 0 Å². The molecule has 0 amide bonds. The zero-order valence-electron chi connectivity index (χ0n) is 12.3. The first kappa shape index (κ1) is 15.0. The van der Waals surface area contributed by atoms with Crippen LogP contribution in [0.15, 0.2) is 0 Å². The van der Waals surface area contributed by atoms with Gasteiger partial charge in [0.15, 0.2) is 0 Å². The van der Waals surface area contributed by atoms with E-state index in [4.69, 9.17) is 0 Å². The van der Waals surface area contributed by atoms with Crippen LogP contribution in [0.2, 0.25) is 0 Å². The minimum Gasteiger partial charge on any atom is -0.309 e. The Hall–Kier alpha value is -0.0800. The molecular formula is C15H32N2. The van der Waals surface area contributed by atoms with Crippen molar-refractivity contribution in [3.63, 3.8) is 0 Å². The van der Waals surface area contributed by atoms with Crippen LogP contribution in [0.3, 0.4) is 0 Å². The summed E-state index contributed by atoms with van der Waals surface area (Å²) in [5.74, 6) is 0. The molecule has 0 bridgehead atoms. The lowest BCUT2D eigenvalue weighted by Gasteiger charge is -2.39. The van der Waals surface area contributed by atoms with Crippen LogP contribution in [0.4, 0.5) is 0 Å². The first-order valence-electron chi connectivity index (χ1n) is 7.63. The van der Waals surface area contributed by atoms with E-state index in [1.165, 1.54) is 51.6 Å². The third kappa shape index (κ3) is 5.87. The van der Waals surface area contributed by atoms with Crippen molar-refractivity contribution < 1.29 is 0 Å². The molecule has 2 nitrogen and oxygen atoms in total. The molecule has 1 aliphatic heterocycles. The van der Waals surface area contributed by atoms with Crippen LogP contribution in [0.5, 0.6) is 0 Å². The minimum absolute atomic E-state index is 0.654. The number of nitrogens with zero attached hydrogens (tertiary/aromatic N) is 1. The monoisotopic (exact) mass is 240 g/mol. The molecule has 0 saturated carbocycles. The molecule has 1 heterocycles. The molecule has 0 radical (unpaired) electrons. The summed E-state index contributed by atoms with van der Waals surface area (Å²) >= 11 is 0. The van der Waals surface area contributed by atoms with E-state index in [0.29, 0.717) is 12.1 Å². The van der Waals surface area contributed by atoms with E-state index in [1.54, 1.807) is 0 Å². The maximum atomic E-state index is 3.61. The van der Waals surface area contributed by atoms with Gasteiger partial charge >= 0.3 is 0 Å². The van der Waals surface area contributed by atoms with E-state index in [1.807, 2.05) is 0 Å². The molecule has 0 aliphatic carbocycles. The predicted molar refractivity (Wildman–Crippen MR) is 76.5 cm³/mol. The number of rotatable bonds is 7. The summed E-state index contributed by atoms with van der Waals surface area (Å²) < 4.78 is 0. The van der Waals surface area contributed by atoms with Gasteiger partial charge in [-0.25, -0.2) is 0 Å². The average Bonchev–Trinajstić information content (AvgIpc) is 2.27. The first-order valence-corrected chi connectivity index (χ1v) is 7.63. The van der Waals surface area contributed by atoms with Gasteiger partial charge in [0.1, 0.15) is 0 Å². The molecule has 0 aromatic carbocycles. The van der Waals surface area contributed by atoms with Crippen LogP contribution in [-0.2, 0) is 0 Å². The Morgan fingerprint density at radius 1 is 1.06 bits per heavy atom.